The SMILES string of the molecule is COC(=O)Oc1nnn(-c2cc(C(=O)Nc3cc(C(C)(C)C)cc(NS(C)(=O)=O)c3OC)ccc2C)c1N. The molecule has 0 saturated heterocycles. The quantitative estimate of drug-likeness (QED) is 0.373. The molecule has 1 heterocycles. The van der Waals surface area contributed by atoms with Crippen LogP contribution in [0.4, 0.5) is 22.0 Å². The van der Waals surface area contributed by atoms with E-state index in [4.69, 9.17) is 15.2 Å². The molecule has 204 valence electrons. The van der Waals surface area contributed by atoms with Gasteiger partial charge in [0.25, 0.3) is 11.8 Å². The van der Waals surface area contributed by atoms with E-state index in [1.165, 1.54) is 17.9 Å². The number of nitrogens with zero attached hydrogens (tertiary/aromatic N) is 3. The highest BCUT2D eigenvalue weighted by Crippen LogP contribution is 2.39. The van der Waals surface area contributed by atoms with Crippen LogP contribution < -0.4 is 25.2 Å². The summed E-state index contributed by atoms with van der Waals surface area (Å²) in [6.07, 6.45) is 0.0181. The van der Waals surface area contributed by atoms with Crippen LogP contribution >= 0.6 is 0 Å². The first-order valence-corrected chi connectivity index (χ1v) is 13.1. The molecular formula is C24H30N6O7S. The first kappa shape index (κ1) is 28.2. The maximum absolute atomic E-state index is 13.3. The van der Waals surface area contributed by atoms with E-state index in [-0.39, 0.29) is 39.8 Å². The highest BCUT2D eigenvalue weighted by Gasteiger charge is 2.23. The van der Waals surface area contributed by atoms with Crippen molar-refractivity contribution in [3.8, 4) is 17.3 Å². The van der Waals surface area contributed by atoms with Crippen LogP contribution in [0.1, 0.15) is 42.3 Å². The van der Waals surface area contributed by atoms with E-state index in [0.29, 0.717) is 11.3 Å². The predicted octanol–water partition coefficient (Wildman–Crippen LogP) is 3.23. The number of hydrogen-bond donors (Lipinski definition) is 3. The third-order valence-corrected chi connectivity index (χ3v) is 6.01. The van der Waals surface area contributed by atoms with Crippen molar-refractivity contribution in [1.29, 1.82) is 0 Å². The lowest BCUT2D eigenvalue weighted by atomic mass is 9.86. The molecule has 0 spiro atoms. The summed E-state index contributed by atoms with van der Waals surface area (Å²) in [7, 11) is -1.12. The average molecular weight is 547 g/mol. The van der Waals surface area contributed by atoms with Gasteiger partial charge in [-0.1, -0.05) is 37.1 Å². The Morgan fingerprint density at radius 2 is 1.74 bits per heavy atom. The first-order chi connectivity index (χ1) is 17.6. The molecule has 0 saturated carbocycles. The van der Waals surface area contributed by atoms with Gasteiger partial charge in [-0.2, -0.15) is 4.68 Å². The Kier molecular flexibility index (Phi) is 7.86. The van der Waals surface area contributed by atoms with E-state index < -0.39 is 22.1 Å². The first-order valence-electron chi connectivity index (χ1n) is 11.2. The molecule has 0 radical (unpaired) electrons. The summed E-state index contributed by atoms with van der Waals surface area (Å²) in [4.78, 5) is 24.8. The highest BCUT2D eigenvalue weighted by molar-refractivity contribution is 7.92. The van der Waals surface area contributed by atoms with Gasteiger partial charge in [-0.3, -0.25) is 9.52 Å². The monoisotopic (exact) mass is 546 g/mol. The summed E-state index contributed by atoms with van der Waals surface area (Å²) < 4.78 is 42.4. The number of benzene rings is 2. The topological polar surface area (TPSA) is 177 Å². The van der Waals surface area contributed by atoms with Crippen molar-refractivity contribution in [2.75, 3.05) is 36.2 Å². The fourth-order valence-electron chi connectivity index (χ4n) is 3.47. The minimum atomic E-state index is -3.63. The highest BCUT2D eigenvalue weighted by atomic mass is 32.2. The zero-order valence-corrected chi connectivity index (χ0v) is 22.9. The molecule has 1 amide bonds. The van der Waals surface area contributed by atoms with Crippen molar-refractivity contribution < 1.29 is 32.2 Å². The van der Waals surface area contributed by atoms with E-state index in [0.717, 1.165) is 18.9 Å². The van der Waals surface area contributed by atoms with E-state index in [1.807, 2.05) is 20.8 Å². The molecule has 0 aliphatic rings. The lowest BCUT2D eigenvalue weighted by Crippen LogP contribution is -2.18. The molecule has 0 fully saturated rings. The van der Waals surface area contributed by atoms with Crippen LogP contribution in [0, 0.1) is 6.92 Å². The van der Waals surface area contributed by atoms with Gasteiger partial charge in [0.2, 0.25) is 10.0 Å². The van der Waals surface area contributed by atoms with E-state index in [1.54, 1.807) is 31.2 Å². The predicted molar refractivity (Wildman–Crippen MR) is 142 cm³/mol. The Morgan fingerprint density at radius 1 is 1.08 bits per heavy atom. The number of nitrogens with two attached hydrogens (primary N) is 1. The Morgan fingerprint density at radius 3 is 2.32 bits per heavy atom. The molecule has 38 heavy (non-hydrogen) atoms. The van der Waals surface area contributed by atoms with Gasteiger partial charge < -0.3 is 25.3 Å². The van der Waals surface area contributed by atoms with Crippen molar-refractivity contribution in [3.05, 3.63) is 47.0 Å². The van der Waals surface area contributed by atoms with Crippen LogP contribution in [0.25, 0.3) is 5.69 Å². The van der Waals surface area contributed by atoms with Crippen LogP contribution in [0.3, 0.4) is 0 Å². The number of ether oxygens (including phenoxy) is 3. The molecule has 0 aliphatic heterocycles. The molecule has 3 aromatic rings. The lowest BCUT2D eigenvalue weighted by molar-refractivity contribution is 0.102. The number of carbonyl (C=O) groups excluding carboxylic acids is 2. The number of anilines is 3. The third-order valence-electron chi connectivity index (χ3n) is 5.42. The molecule has 1 aromatic heterocycles. The molecule has 13 nitrogen and oxygen atoms in total. The smallest absolute Gasteiger partial charge is 0.492 e. The summed E-state index contributed by atoms with van der Waals surface area (Å²) in [5.74, 6) is -0.687. The molecular weight excluding hydrogens is 516 g/mol. The molecule has 2 aromatic carbocycles. The summed E-state index contributed by atoms with van der Waals surface area (Å²) in [6, 6.07) is 8.22. The number of nitrogens with one attached hydrogen (secondary N) is 2. The van der Waals surface area contributed by atoms with E-state index >= 15 is 0 Å². The Hall–Kier alpha value is -4.33. The lowest BCUT2D eigenvalue weighted by Gasteiger charge is -2.24. The number of hydrogen-bond acceptors (Lipinski definition) is 10. The number of carbonyl (C=O) groups is 2. The molecule has 4 N–H and O–H groups in total. The maximum Gasteiger partial charge on any atom is 0.515 e. The summed E-state index contributed by atoms with van der Waals surface area (Å²) in [6.45, 7) is 7.64. The van der Waals surface area contributed by atoms with Gasteiger partial charge in [0.05, 0.1) is 37.5 Å². The maximum atomic E-state index is 13.3. The van der Waals surface area contributed by atoms with Crippen LogP contribution in [-0.4, -0.2) is 55.9 Å². The number of sulfonamides is 1. The molecule has 3 rings (SSSR count). The van der Waals surface area contributed by atoms with Crippen LogP contribution in [0.5, 0.6) is 11.6 Å². The second kappa shape index (κ2) is 10.6. The normalized spacial score (nSPS) is 11.6. The van der Waals surface area contributed by atoms with Crippen LogP contribution in [-0.2, 0) is 20.2 Å². The minimum Gasteiger partial charge on any atom is -0.492 e. The average Bonchev–Trinajstić information content (AvgIpc) is 3.17. The van der Waals surface area contributed by atoms with E-state index in [2.05, 4.69) is 25.1 Å². The van der Waals surface area contributed by atoms with Crippen molar-refractivity contribution >= 4 is 39.3 Å². The van der Waals surface area contributed by atoms with Crippen molar-refractivity contribution in [1.82, 2.24) is 15.0 Å². The summed E-state index contributed by atoms with van der Waals surface area (Å²) in [5.41, 5.74) is 8.26. The summed E-state index contributed by atoms with van der Waals surface area (Å²) in [5, 5.41) is 10.5. The second-order valence-electron chi connectivity index (χ2n) is 9.43. The van der Waals surface area contributed by atoms with Gasteiger partial charge in [0, 0.05) is 5.56 Å². The van der Waals surface area contributed by atoms with Crippen LogP contribution in [0.15, 0.2) is 30.3 Å². The van der Waals surface area contributed by atoms with E-state index in [9.17, 15) is 18.0 Å². The number of amides is 1. The van der Waals surface area contributed by atoms with Crippen molar-refractivity contribution in [2.45, 2.75) is 33.1 Å². The van der Waals surface area contributed by atoms with Gasteiger partial charge >= 0.3 is 6.16 Å². The standard InChI is InChI=1S/C24H30N6O7S/c1-13-8-9-14(10-18(13)30-20(25)22(27-29-30)37-23(32)36-6)21(31)26-16-11-15(24(2,3)4)12-17(19(16)35-5)28-38(7,33)34/h8-12,28H,25H2,1-7H3,(H,26,31). The number of nitrogen functional groups attached to an aromatic ring is 1. The van der Waals surface area contributed by atoms with Gasteiger partial charge in [-0.15, -0.1) is 0 Å². The Balaban J connectivity index is 2.03. The summed E-state index contributed by atoms with van der Waals surface area (Å²) >= 11 is 0. The Labute approximate surface area is 220 Å². The van der Waals surface area contributed by atoms with Gasteiger partial charge in [-0.05, 0) is 47.7 Å². The largest absolute Gasteiger partial charge is 0.515 e. The third kappa shape index (κ3) is 6.32. The molecule has 0 unspecified atom stereocenters. The fourth-order valence-corrected chi connectivity index (χ4v) is 4.02. The van der Waals surface area contributed by atoms with Gasteiger partial charge in [0.15, 0.2) is 11.6 Å². The van der Waals surface area contributed by atoms with Crippen LogP contribution in [0.2, 0.25) is 0 Å². The number of aromatic nitrogens is 3. The number of aryl methyl sites for hydroxylation is 1. The number of rotatable bonds is 7. The van der Waals surface area contributed by atoms with Gasteiger partial charge in [0.1, 0.15) is 0 Å². The zero-order valence-electron chi connectivity index (χ0n) is 22.1. The minimum absolute atomic E-state index is 0.0768. The Bertz CT molecular complexity index is 1490. The van der Waals surface area contributed by atoms with Crippen molar-refractivity contribution in [2.24, 2.45) is 0 Å². The van der Waals surface area contributed by atoms with Gasteiger partial charge in [-0.25, -0.2) is 13.2 Å². The molecule has 0 bridgehead atoms. The fraction of sp³-hybridized carbons (Fsp3) is 0.333. The van der Waals surface area contributed by atoms with Crippen molar-refractivity contribution in [3.63, 3.8) is 0 Å². The molecule has 0 aliphatic carbocycles. The molecule has 14 heteroatoms. The second-order valence-corrected chi connectivity index (χ2v) is 11.2. The number of methoxy groups -OCH3 is 2. The molecule has 0 atom stereocenters. The zero-order chi connectivity index (χ0) is 28.4.